The first-order valence-corrected chi connectivity index (χ1v) is 7.94. The fourth-order valence-electron chi connectivity index (χ4n) is 2.90. The van der Waals surface area contributed by atoms with Crippen molar-refractivity contribution in [3.8, 4) is 0 Å². The van der Waals surface area contributed by atoms with Crippen LogP contribution in [0.1, 0.15) is 51.3 Å². The molecule has 3 rings (SSSR count). The average molecular weight is 289 g/mol. The number of hydrogen-bond acceptors (Lipinski definition) is 4. The number of amides is 1. The van der Waals surface area contributed by atoms with Crippen LogP contribution in [0.15, 0.2) is 11.6 Å². The lowest BCUT2D eigenvalue weighted by molar-refractivity contribution is -0.126. The lowest BCUT2D eigenvalue weighted by Crippen LogP contribution is -2.34. The fourth-order valence-corrected chi connectivity index (χ4v) is 2.90. The van der Waals surface area contributed by atoms with Crippen molar-refractivity contribution >= 4 is 5.91 Å². The fraction of sp³-hybridized carbons (Fsp3) is 0.733. The van der Waals surface area contributed by atoms with E-state index in [0.717, 1.165) is 31.6 Å². The number of tetrazole rings is 1. The van der Waals surface area contributed by atoms with Gasteiger partial charge in [-0.1, -0.05) is 17.7 Å². The molecule has 1 aromatic rings. The second-order valence-corrected chi connectivity index (χ2v) is 6.33. The van der Waals surface area contributed by atoms with E-state index in [4.69, 9.17) is 0 Å². The molecule has 6 nitrogen and oxygen atoms in total. The zero-order valence-electron chi connectivity index (χ0n) is 12.6. The van der Waals surface area contributed by atoms with E-state index in [0.29, 0.717) is 24.8 Å². The van der Waals surface area contributed by atoms with E-state index in [2.05, 4.69) is 27.5 Å². The molecule has 2 aliphatic carbocycles. The van der Waals surface area contributed by atoms with Crippen molar-refractivity contribution in [1.82, 2.24) is 25.5 Å². The Morgan fingerprint density at radius 2 is 2.10 bits per heavy atom. The monoisotopic (exact) mass is 289 g/mol. The molecule has 1 aromatic heterocycles. The Morgan fingerprint density at radius 1 is 1.33 bits per heavy atom. The maximum absolute atomic E-state index is 12.5. The summed E-state index contributed by atoms with van der Waals surface area (Å²) in [6.07, 6.45) is 9.39. The van der Waals surface area contributed by atoms with Gasteiger partial charge in [-0.3, -0.25) is 4.79 Å². The summed E-state index contributed by atoms with van der Waals surface area (Å²) in [5.41, 5.74) is 1.32. The largest absolute Gasteiger partial charge is 0.336 e. The summed E-state index contributed by atoms with van der Waals surface area (Å²) in [7, 11) is 0. The molecule has 1 heterocycles. The Kier molecular flexibility index (Phi) is 4.31. The highest BCUT2D eigenvalue weighted by atomic mass is 16.2. The molecule has 21 heavy (non-hydrogen) atoms. The van der Waals surface area contributed by atoms with Crippen LogP contribution < -0.4 is 0 Å². The zero-order chi connectivity index (χ0) is 14.7. The van der Waals surface area contributed by atoms with Gasteiger partial charge >= 0.3 is 0 Å². The highest BCUT2D eigenvalue weighted by Crippen LogP contribution is 2.30. The first kappa shape index (κ1) is 14.2. The quantitative estimate of drug-likeness (QED) is 0.840. The molecular formula is C15H23N5O. The van der Waals surface area contributed by atoms with Crippen LogP contribution in [0, 0.1) is 5.92 Å². The van der Waals surface area contributed by atoms with Gasteiger partial charge in [0.05, 0.1) is 0 Å². The third kappa shape index (κ3) is 3.89. The van der Waals surface area contributed by atoms with E-state index in [-0.39, 0.29) is 5.91 Å². The van der Waals surface area contributed by atoms with Gasteiger partial charge in [0.2, 0.25) is 5.91 Å². The van der Waals surface area contributed by atoms with E-state index in [1.165, 1.54) is 18.4 Å². The van der Waals surface area contributed by atoms with Gasteiger partial charge in [0.1, 0.15) is 0 Å². The smallest absolute Gasteiger partial charge is 0.246 e. The van der Waals surface area contributed by atoms with Gasteiger partial charge in [0.25, 0.3) is 0 Å². The number of H-pyrrole nitrogens is 1. The molecule has 2 saturated carbocycles. The van der Waals surface area contributed by atoms with Crippen LogP contribution in [0.2, 0.25) is 0 Å². The first-order valence-electron chi connectivity index (χ1n) is 7.94. The van der Waals surface area contributed by atoms with E-state index < -0.39 is 0 Å². The van der Waals surface area contributed by atoms with Gasteiger partial charge in [-0.25, -0.2) is 0 Å². The zero-order valence-corrected chi connectivity index (χ0v) is 12.6. The van der Waals surface area contributed by atoms with E-state index in [9.17, 15) is 4.79 Å². The van der Waals surface area contributed by atoms with Gasteiger partial charge in [-0.05, 0) is 44.4 Å². The van der Waals surface area contributed by atoms with Crippen molar-refractivity contribution < 1.29 is 4.79 Å². The number of carbonyl (C=O) groups excluding carboxylic acids is 1. The number of nitrogens with one attached hydrogen (secondary N) is 1. The summed E-state index contributed by atoms with van der Waals surface area (Å²) < 4.78 is 0. The maximum Gasteiger partial charge on any atom is 0.246 e. The number of nitrogens with zero attached hydrogens (tertiary/aromatic N) is 4. The minimum atomic E-state index is 0.172. The van der Waals surface area contributed by atoms with Gasteiger partial charge in [-0.15, -0.1) is 10.2 Å². The number of aromatic amines is 1. The molecule has 0 unspecified atom stereocenters. The van der Waals surface area contributed by atoms with E-state index >= 15 is 0 Å². The van der Waals surface area contributed by atoms with Gasteiger partial charge in [0, 0.05) is 25.1 Å². The van der Waals surface area contributed by atoms with Gasteiger partial charge in [-0.2, -0.15) is 5.21 Å². The molecule has 6 heteroatoms. The Morgan fingerprint density at radius 3 is 2.71 bits per heavy atom. The summed E-state index contributed by atoms with van der Waals surface area (Å²) in [5.74, 6) is 1.65. The van der Waals surface area contributed by atoms with Crippen LogP contribution in [-0.4, -0.2) is 44.0 Å². The number of carbonyl (C=O) groups is 1. The van der Waals surface area contributed by atoms with Gasteiger partial charge < -0.3 is 4.90 Å². The van der Waals surface area contributed by atoms with Crippen LogP contribution >= 0.6 is 0 Å². The standard InChI is InChI=1S/C15H23N5O/c1-11-2-4-12(5-3-11)10-15(21)20(13-6-7-13)9-8-14-16-18-19-17-14/h10-11,13H,2-9H2,1H3,(H,16,17,18,19). The minimum Gasteiger partial charge on any atom is -0.336 e. The van der Waals surface area contributed by atoms with Crippen LogP contribution in [0.25, 0.3) is 0 Å². The SMILES string of the molecule is CC1CCC(=CC(=O)N(CCc2nn[nH]n2)C2CC2)CC1. The Hall–Kier alpha value is -1.72. The number of hydrogen-bond donors (Lipinski definition) is 1. The van der Waals surface area contributed by atoms with Crippen LogP contribution in [0.5, 0.6) is 0 Å². The normalized spacial score (nSPS) is 22.1. The van der Waals surface area contributed by atoms with Crippen molar-refractivity contribution in [3.05, 3.63) is 17.5 Å². The minimum absolute atomic E-state index is 0.172. The molecule has 2 fully saturated rings. The molecular weight excluding hydrogens is 266 g/mol. The summed E-state index contributed by atoms with van der Waals surface area (Å²) in [6.45, 7) is 2.98. The molecule has 0 atom stereocenters. The van der Waals surface area contributed by atoms with Crippen molar-refractivity contribution in [2.24, 2.45) is 5.92 Å². The Balaban J connectivity index is 1.58. The predicted molar refractivity (Wildman–Crippen MR) is 78.3 cm³/mol. The first-order chi connectivity index (χ1) is 10.2. The van der Waals surface area contributed by atoms with Crippen molar-refractivity contribution in [3.63, 3.8) is 0 Å². The second-order valence-electron chi connectivity index (χ2n) is 6.33. The molecule has 2 aliphatic rings. The van der Waals surface area contributed by atoms with E-state index in [1.807, 2.05) is 11.0 Å². The lowest BCUT2D eigenvalue weighted by atomic mass is 9.87. The van der Waals surface area contributed by atoms with Gasteiger partial charge in [0.15, 0.2) is 5.82 Å². The third-order valence-corrected chi connectivity index (χ3v) is 4.48. The Bertz CT molecular complexity index is 496. The number of rotatable bonds is 5. The summed E-state index contributed by atoms with van der Waals surface area (Å²) in [6, 6.07) is 0.420. The van der Waals surface area contributed by atoms with Crippen molar-refractivity contribution in [2.75, 3.05) is 6.54 Å². The van der Waals surface area contributed by atoms with Crippen molar-refractivity contribution in [1.29, 1.82) is 0 Å². The molecule has 1 amide bonds. The molecule has 0 radical (unpaired) electrons. The molecule has 0 saturated heterocycles. The lowest BCUT2D eigenvalue weighted by Gasteiger charge is -2.23. The molecule has 0 aromatic carbocycles. The van der Waals surface area contributed by atoms with Crippen LogP contribution in [-0.2, 0) is 11.2 Å². The number of allylic oxidation sites excluding steroid dienone is 1. The summed E-state index contributed by atoms with van der Waals surface area (Å²) >= 11 is 0. The summed E-state index contributed by atoms with van der Waals surface area (Å²) in [5, 5.41) is 13.9. The van der Waals surface area contributed by atoms with Crippen LogP contribution in [0.3, 0.4) is 0 Å². The highest BCUT2D eigenvalue weighted by molar-refractivity contribution is 5.88. The van der Waals surface area contributed by atoms with E-state index in [1.54, 1.807) is 0 Å². The maximum atomic E-state index is 12.5. The molecule has 0 bridgehead atoms. The summed E-state index contributed by atoms with van der Waals surface area (Å²) in [4.78, 5) is 14.5. The number of aromatic nitrogens is 4. The molecule has 1 N–H and O–H groups in total. The predicted octanol–water partition coefficient (Wildman–Crippen LogP) is 1.87. The third-order valence-electron chi connectivity index (χ3n) is 4.48. The molecule has 0 spiro atoms. The average Bonchev–Trinajstić information content (AvgIpc) is 3.17. The topological polar surface area (TPSA) is 74.8 Å². The van der Waals surface area contributed by atoms with Crippen LogP contribution in [0.4, 0.5) is 0 Å². The second kappa shape index (κ2) is 6.37. The highest BCUT2D eigenvalue weighted by Gasteiger charge is 2.31. The molecule has 114 valence electrons. The molecule has 0 aliphatic heterocycles. The Labute approximate surface area is 125 Å². The van der Waals surface area contributed by atoms with Crippen molar-refractivity contribution in [2.45, 2.75) is 57.9 Å².